The van der Waals surface area contributed by atoms with E-state index in [9.17, 15) is 14.4 Å². The summed E-state index contributed by atoms with van der Waals surface area (Å²) in [5.74, 6) is -0.234. The van der Waals surface area contributed by atoms with Gasteiger partial charge in [0.25, 0.3) is 11.8 Å². The molecule has 1 N–H and O–H groups in total. The van der Waals surface area contributed by atoms with E-state index in [2.05, 4.69) is 0 Å². The molecule has 0 radical (unpaired) electrons. The Hall–Kier alpha value is -3.72. The average Bonchev–Trinajstić information content (AvgIpc) is 3.27. The van der Waals surface area contributed by atoms with Crippen molar-refractivity contribution in [3.63, 3.8) is 0 Å². The predicted molar refractivity (Wildman–Crippen MR) is 112 cm³/mol. The quantitative estimate of drug-likeness (QED) is 0.813. The van der Waals surface area contributed by atoms with Crippen molar-refractivity contribution in [1.29, 1.82) is 5.41 Å². The molecule has 3 amide bonds. The summed E-state index contributed by atoms with van der Waals surface area (Å²) in [6.07, 6.45) is -1.05. The second kappa shape index (κ2) is 7.51. The van der Waals surface area contributed by atoms with Gasteiger partial charge in [0, 0.05) is 23.5 Å². The third-order valence-corrected chi connectivity index (χ3v) is 5.65. The number of nitrogens with one attached hydrogen (secondary N) is 1. The molecule has 158 valence electrons. The molecule has 9 heteroatoms. The van der Waals surface area contributed by atoms with Gasteiger partial charge in [-0.2, -0.15) is 0 Å². The number of hydrogen-bond acceptors (Lipinski definition) is 6. The van der Waals surface area contributed by atoms with Crippen molar-refractivity contribution in [1.82, 2.24) is 4.90 Å². The lowest BCUT2D eigenvalue weighted by molar-refractivity contribution is -0.125. The molecule has 0 spiro atoms. The van der Waals surface area contributed by atoms with Gasteiger partial charge in [0.15, 0.2) is 0 Å². The normalized spacial score (nSPS) is 21.0. The highest BCUT2D eigenvalue weighted by molar-refractivity contribution is 6.22. The van der Waals surface area contributed by atoms with E-state index in [1.807, 2.05) is 0 Å². The molecular weight excluding hydrogens is 400 g/mol. The molecule has 2 aromatic rings. The van der Waals surface area contributed by atoms with E-state index in [4.69, 9.17) is 14.9 Å². The van der Waals surface area contributed by atoms with E-state index >= 15 is 0 Å². The van der Waals surface area contributed by atoms with Gasteiger partial charge in [-0.1, -0.05) is 18.2 Å². The number of cyclic esters (lactones) is 1. The minimum atomic E-state index is -0.549. The number of benzene rings is 2. The Labute approximate surface area is 178 Å². The third-order valence-electron chi connectivity index (χ3n) is 5.65. The molecule has 0 aliphatic carbocycles. The van der Waals surface area contributed by atoms with Crippen LogP contribution in [-0.2, 0) is 14.3 Å². The van der Waals surface area contributed by atoms with E-state index < -0.39 is 12.2 Å². The zero-order chi connectivity index (χ0) is 21.5. The number of amidine groups is 1. The standard InChI is InChI=1S/C22H20N4O5/c23-20-17-3-1-2-4-18(17)21(28)26(20)12-16-11-25(22(29)31-16)15-7-5-14(6-8-15)24-9-10-30-13-19(24)27/h1-8,16,23H,9-13H2. The maximum atomic E-state index is 12.6. The summed E-state index contributed by atoms with van der Waals surface area (Å²) >= 11 is 0. The van der Waals surface area contributed by atoms with Crippen LogP contribution in [0, 0.1) is 5.41 Å². The van der Waals surface area contributed by atoms with Gasteiger partial charge in [-0.15, -0.1) is 0 Å². The van der Waals surface area contributed by atoms with Crippen molar-refractivity contribution in [2.45, 2.75) is 6.10 Å². The van der Waals surface area contributed by atoms with E-state index in [0.29, 0.717) is 30.0 Å². The van der Waals surface area contributed by atoms with Crippen LogP contribution in [0.2, 0.25) is 0 Å². The summed E-state index contributed by atoms with van der Waals surface area (Å²) in [6, 6.07) is 14.1. The van der Waals surface area contributed by atoms with Crippen molar-refractivity contribution in [3.05, 3.63) is 59.7 Å². The van der Waals surface area contributed by atoms with Gasteiger partial charge in [-0.25, -0.2) is 4.79 Å². The maximum Gasteiger partial charge on any atom is 0.414 e. The minimum Gasteiger partial charge on any atom is -0.442 e. The van der Waals surface area contributed by atoms with Crippen molar-refractivity contribution in [2.24, 2.45) is 0 Å². The first-order valence-electron chi connectivity index (χ1n) is 9.99. The van der Waals surface area contributed by atoms with Crippen molar-refractivity contribution >= 4 is 35.1 Å². The minimum absolute atomic E-state index is 0.0655. The number of rotatable bonds is 4. The number of carbonyl (C=O) groups is 3. The number of anilines is 2. The fourth-order valence-corrected chi connectivity index (χ4v) is 4.08. The molecule has 0 aromatic heterocycles. The molecule has 3 heterocycles. The summed E-state index contributed by atoms with van der Waals surface area (Å²) < 4.78 is 10.6. The largest absolute Gasteiger partial charge is 0.442 e. The smallest absolute Gasteiger partial charge is 0.414 e. The Balaban J connectivity index is 1.27. The Morgan fingerprint density at radius 2 is 1.61 bits per heavy atom. The fraction of sp³-hybridized carbons (Fsp3) is 0.273. The fourth-order valence-electron chi connectivity index (χ4n) is 4.08. The van der Waals surface area contributed by atoms with Crippen LogP contribution < -0.4 is 9.80 Å². The number of fused-ring (bicyclic) bond motifs is 1. The van der Waals surface area contributed by atoms with Crippen LogP contribution in [0.1, 0.15) is 15.9 Å². The van der Waals surface area contributed by atoms with E-state index in [0.717, 1.165) is 5.69 Å². The lowest BCUT2D eigenvalue weighted by Gasteiger charge is -2.27. The SMILES string of the molecule is N=C1c2ccccc2C(=O)N1CC1CN(c2ccc(N3CCOCC3=O)cc2)C(=O)O1. The van der Waals surface area contributed by atoms with Crippen LogP contribution in [0.4, 0.5) is 16.2 Å². The molecule has 1 atom stereocenters. The molecule has 2 aromatic carbocycles. The average molecular weight is 420 g/mol. The zero-order valence-electron chi connectivity index (χ0n) is 16.6. The molecule has 2 saturated heterocycles. The van der Waals surface area contributed by atoms with Crippen LogP contribution in [0.25, 0.3) is 0 Å². The molecule has 0 saturated carbocycles. The van der Waals surface area contributed by atoms with E-state index in [1.165, 1.54) is 9.80 Å². The van der Waals surface area contributed by atoms with Gasteiger partial charge >= 0.3 is 6.09 Å². The second-order valence-electron chi connectivity index (χ2n) is 7.54. The van der Waals surface area contributed by atoms with Gasteiger partial charge in [0.1, 0.15) is 18.5 Å². The molecule has 3 aliphatic heterocycles. The van der Waals surface area contributed by atoms with Crippen LogP contribution in [-0.4, -0.2) is 67.6 Å². The molecule has 2 fully saturated rings. The number of nitrogens with zero attached hydrogens (tertiary/aromatic N) is 3. The molecule has 0 bridgehead atoms. The number of carbonyl (C=O) groups excluding carboxylic acids is 3. The molecule has 31 heavy (non-hydrogen) atoms. The second-order valence-corrected chi connectivity index (χ2v) is 7.54. The third kappa shape index (κ3) is 3.32. The van der Waals surface area contributed by atoms with Crippen LogP contribution in [0.15, 0.2) is 48.5 Å². The van der Waals surface area contributed by atoms with Crippen LogP contribution in [0.3, 0.4) is 0 Å². The van der Waals surface area contributed by atoms with Gasteiger partial charge in [0.05, 0.1) is 25.3 Å². The number of morpholine rings is 1. The highest BCUT2D eigenvalue weighted by Crippen LogP contribution is 2.28. The van der Waals surface area contributed by atoms with E-state index in [1.54, 1.807) is 53.4 Å². The molecule has 1 unspecified atom stereocenters. The Morgan fingerprint density at radius 3 is 2.29 bits per heavy atom. The summed E-state index contributed by atoms with van der Waals surface area (Å²) in [5.41, 5.74) is 2.46. The van der Waals surface area contributed by atoms with Crippen LogP contribution in [0.5, 0.6) is 0 Å². The van der Waals surface area contributed by atoms with Crippen molar-refractivity contribution in [3.8, 4) is 0 Å². The monoisotopic (exact) mass is 420 g/mol. The molecular formula is C22H20N4O5. The van der Waals surface area contributed by atoms with Crippen LogP contribution >= 0.6 is 0 Å². The highest BCUT2D eigenvalue weighted by atomic mass is 16.6. The van der Waals surface area contributed by atoms with Crippen molar-refractivity contribution in [2.75, 3.05) is 42.6 Å². The number of ether oxygens (including phenoxy) is 2. The summed E-state index contributed by atoms with van der Waals surface area (Å²) in [6.45, 7) is 1.43. The van der Waals surface area contributed by atoms with E-state index in [-0.39, 0.29) is 37.3 Å². The lowest BCUT2D eigenvalue weighted by atomic mass is 10.1. The van der Waals surface area contributed by atoms with Gasteiger partial charge in [0.2, 0.25) is 0 Å². The Kier molecular flexibility index (Phi) is 4.67. The van der Waals surface area contributed by atoms with Crippen molar-refractivity contribution < 1.29 is 23.9 Å². The first kappa shape index (κ1) is 19.3. The first-order valence-corrected chi connectivity index (χ1v) is 9.99. The predicted octanol–water partition coefficient (Wildman–Crippen LogP) is 1.86. The molecule has 9 nitrogen and oxygen atoms in total. The number of hydrogen-bond donors (Lipinski definition) is 1. The summed E-state index contributed by atoms with van der Waals surface area (Å²) in [4.78, 5) is 41.6. The van der Waals surface area contributed by atoms with Gasteiger partial charge < -0.3 is 14.4 Å². The Morgan fingerprint density at radius 1 is 0.935 bits per heavy atom. The zero-order valence-corrected chi connectivity index (χ0v) is 16.6. The number of amides is 3. The van der Waals surface area contributed by atoms with Gasteiger partial charge in [-0.05, 0) is 30.3 Å². The van der Waals surface area contributed by atoms with Gasteiger partial charge in [-0.3, -0.25) is 24.8 Å². The summed E-state index contributed by atoms with van der Waals surface area (Å²) in [5, 5.41) is 8.29. The maximum absolute atomic E-state index is 12.6. The highest BCUT2D eigenvalue weighted by Gasteiger charge is 2.39. The molecule has 3 aliphatic rings. The topological polar surface area (TPSA) is 103 Å². The first-order chi connectivity index (χ1) is 15.0. The summed E-state index contributed by atoms with van der Waals surface area (Å²) in [7, 11) is 0. The molecule has 5 rings (SSSR count). The Bertz CT molecular complexity index is 1050. The lowest BCUT2D eigenvalue weighted by Crippen LogP contribution is -2.41.